The maximum atomic E-state index is 14.1. The molecule has 0 fully saturated rings. The quantitative estimate of drug-likeness (QED) is 0.340. The number of rotatable bonds is 3. The van der Waals surface area contributed by atoms with Crippen molar-refractivity contribution in [2.24, 2.45) is 0 Å². The molecular formula is C18H5F10NO. The Bertz CT molecular complexity index is 1050. The number of benzene rings is 2. The SMILES string of the molecule is OCc1c(-c2c(F)c(F)c(F)c(F)c2F)cncc1-c1c(F)c(F)c(F)c(F)c1F. The van der Waals surface area contributed by atoms with Crippen LogP contribution in [0.15, 0.2) is 12.4 Å². The van der Waals surface area contributed by atoms with Crippen molar-refractivity contribution in [2.45, 2.75) is 6.61 Å². The Morgan fingerprint density at radius 3 is 1.03 bits per heavy atom. The van der Waals surface area contributed by atoms with Crippen molar-refractivity contribution in [1.29, 1.82) is 0 Å². The fraction of sp³-hybridized carbons (Fsp3) is 0.0556. The molecule has 1 N–H and O–H groups in total. The van der Waals surface area contributed by atoms with Gasteiger partial charge in [-0.25, -0.2) is 43.9 Å². The average Bonchev–Trinajstić information content (AvgIpc) is 2.74. The van der Waals surface area contributed by atoms with Gasteiger partial charge in [-0.05, 0) is 5.56 Å². The van der Waals surface area contributed by atoms with Gasteiger partial charge >= 0.3 is 0 Å². The Balaban J connectivity index is 2.44. The minimum atomic E-state index is -2.50. The number of aliphatic hydroxyl groups excluding tert-OH is 1. The Morgan fingerprint density at radius 2 is 0.767 bits per heavy atom. The van der Waals surface area contributed by atoms with E-state index in [2.05, 4.69) is 4.98 Å². The van der Waals surface area contributed by atoms with E-state index in [1.54, 1.807) is 0 Å². The molecule has 0 amide bonds. The van der Waals surface area contributed by atoms with E-state index < -0.39 is 92.6 Å². The summed E-state index contributed by atoms with van der Waals surface area (Å²) in [5, 5.41) is 9.53. The number of aromatic nitrogens is 1. The van der Waals surface area contributed by atoms with Gasteiger partial charge < -0.3 is 5.11 Å². The minimum absolute atomic E-state index is 0.485. The standard InChI is InChI=1S/C18H5F10NO/c19-9-7(10(20)14(24)17(27)13(9)23)4-1-29-2-5(6(4)3-30)8-11(21)15(25)18(28)16(26)12(8)22/h1-2,30H,3H2. The molecule has 0 atom stereocenters. The van der Waals surface area contributed by atoms with Crippen LogP contribution in [0.25, 0.3) is 22.3 Å². The summed E-state index contributed by atoms with van der Waals surface area (Å²) in [7, 11) is 0. The van der Waals surface area contributed by atoms with Gasteiger partial charge in [0.25, 0.3) is 0 Å². The lowest BCUT2D eigenvalue weighted by molar-refractivity contribution is 0.282. The zero-order valence-corrected chi connectivity index (χ0v) is 14.0. The topological polar surface area (TPSA) is 33.1 Å². The first-order chi connectivity index (χ1) is 14.0. The molecule has 0 saturated carbocycles. The third kappa shape index (κ3) is 2.98. The molecule has 158 valence electrons. The predicted molar refractivity (Wildman–Crippen MR) is 80.6 cm³/mol. The third-order valence-corrected chi connectivity index (χ3v) is 4.17. The molecule has 0 bridgehead atoms. The fourth-order valence-corrected chi connectivity index (χ4v) is 2.77. The molecule has 1 aromatic heterocycles. The third-order valence-electron chi connectivity index (χ3n) is 4.17. The Morgan fingerprint density at radius 1 is 0.500 bits per heavy atom. The highest BCUT2D eigenvalue weighted by Crippen LogP contribution is 2.39. The number of pyridine rings is 1. The van der Waals surface area contributed by atoms with E-state index in [-0.39, 0.29) is 0 Å². The lowest BCUT2D eigenvalue weighted by Gasteiger charge is -2.16. The van der Waals surface area contributed by atoms with Crippen LogP contribution in [0.2, 0.25) is 0 Å². The van der Waals surface area contributed by atoms with E-state index >= 15 is 0 Å². The van der Waals surface area contributed by atoms with Crippen LogP contribution < -0.4 is 0 Å². The lowest BCUT2D eigenvalue weighted by Crippen LogP contribution is -2.09. The summed E-state index contributed by atoms with van der Waals surface area (Å²) in [4.78, 5) is 3.32. The largest absolute Gasteiger partial charge is 0.392 e. The monoisotopic (exact) mass is 441 g/mol. The van der Waals surface area contributed by atoms with Crippen molar-refractivity contribution >= 4 is 0 Å². The smallest absolute Gasteiger partial charge is 0.200 e. The predicted octanol–water partition coefficient (Wildman–Crippen LogP) is 5.30. The number of hydrogen-bond acceptors (Lipinski definition) is 2. The second kappa shape index (κ2) is 7.59. The van der Waals surface area contributed by atoms with Gasteiger partial charge in [-0.3, -0.25) is 4.98 Å². The molecule has 0 aliphatic heterocycles. The van der Waals surface area contributed by atoms with Gasteiger partial charge in [0.05, 0.1) is 17.7 Å². The van der Waals surface area contributed by atoms with Gasteiger partial charge in [-0.2, -0.15) is 0 Å². The van der Waals surface area contributed by atoms with Crippen molar-refractivity contribution in [3.05, 3.63) is 76.1 Å². The number of hydrogen-bond donors (Lipinski definition) is 1. The highest BCUT2D eigenvalue weighted by molar-refractivity contribution is 5.78. The molecule has 0 aliphatic rings. The summed E-state index contributed by atoms with van der Waals surface area (Å²) in [6, 6.07) is 0. The van der Waals surface area contributed by atoms with Crippen molar-refractivity contribution in [3.8, 4) is 22.3 Å². The highest BCUT2D eigenvalue weighted by Gasteiger charge is 2.31. The van der Waals surface area contributed by atoms with Crippen LogP contribution in [-0.4, -0.2) is 10.1 Å². The summed E-state index contributed by atoms with van der Waals surface area (Å²) in [5.74, 6) is -23.9. The van der Waals surface area contributed by atoms with Gasteiger partial charge in [0.2, 0.25) is 11.6 Å². The van der Waals surface area contributed by atoms with E-state index in [9.17, 15) is 49.0 Å². The average molecular weight is 441 g/mol. The second-order valence-electron chi connectivity index (χ2n) is 5.76. The van der Waals surface area contributed by atoms with Gasteiger partial charge in [0.15, 0.2) is 46.5 Å². The van der Waals surface area contributed by atoms with Crippen molar-refractivity contribution in [2.75, 3.05) is 0 Å². The fourth-order valence-electron chi connectivity index (χ4n) is 2.77. The zero-order valence-electron chi connectivity index (χ0n) is 14.0. The summed E-state index contributed by atoms with van der Waals surface area (Å²) in [6.07, 6.45) is 0.971. The van der Waals surface area contributed by atoms with Gasteiger partial charge in [-0.15, -0.1) is 0 Å². The first kappa shape index (κ1) is 21.6. The maximum absolute atomic E-state index is 14.1. The molecule has 0 spiro atoms. The van der Waals surface area contributed by atoms with Gasteiger partial charge in [0.1, 0.15) is 0 Å². The first-order valence-electron chi connectivity index (χ1n) is 7.65. The van der Waals surface area contributed by atoms with Crippen molar-refractivity contribution in [1.82, 2.24) is 4.98 Å². The van der Waals surface area contributed by atoms with Crippen LogP contribution in [0.3, 0.4) is 0 Å². The van der Waals surface area contributed by atoms with E-state index in [0.29, 0.717) is 12.4 Å². The van der Waals surface area contributed by atoms with E-state index in [1.807, 2.05) is 0 Å². The molecule has 0 radical (unpaired) electrons. The van der Waals surface area contributed by atoms with E-state index in [4.69, 9.17) is 0 Å². The molecule has 12 heteroatoms. The molecule has 0 aliphatic carbocycles. The number of halogens is 10. The summed E-state index contributed by atoms with van der Waals surface area (Å²) in [6.45, 7) is -1.35. The molecule has 2 nitrogen and oxygen atoms in total. The molecule has 2 aromatic carbocycles. The second-order valence-corrected chi connectivity index (χ2v) is 5.76. The highest BCUT2D eigenvalue weighted by atomic mass is 19.2. The summed E-state index contributed by atoms with van der Waals surface area (Å²) in [5.41, 5.74) is -6.18. The molecule has 3 rings (SSSR count). The van der Waals surface area contributed by atoms with Crippen LogP contribution in [0.4, 0.5) is 43.9 Å². The Labute approximate surface area is 160 Å². The van der Waals surface area contributed by atoms with Crippen LogP contribution >= 0.6 is 0 Å². The summed E-state index contributed by atoms with van der Waals surface area (Å²) < 4.78 is 137. The van der Waals surface area contributed by atoms with E-state index in [1.165, 1.54) is 0 Å². The zero-order chi connectivity index (χ0) is 22.5. The molecular weight excluding hydrogens is 436 g/mol. The van der Waals surface area contributed by atoms with Crippen LogP contribution in [0, 0.1) is 58.2 Å². The first-order valence-corrected chi connectivity index (χ1v) is 7.65. The maximum Gasteiger partial charge on any atom is 0.200 e. The van der Waals surface area contributed by atoms with Gasteiger partial charge in [-0.1, -0.05) is 0 Å². The molecule has 0 unspecified atom stereocenters. The van der Waals surface area contributed by atoms with Crippen LogP contribution in [0.5, 0.6) is 0 Å². The lowest BCUT2D eigenvalue weighted by atomic mass is 9.93. The molecule has 3 aromatic rings. The number of nitrogens with zero attached hydrogens (tertiary/aromatic N) is 1. The Kier molecular flexibility index (Phi) is 5.46. The van der Waals surface area contributed by atoms with E-state index in [0.717, 1.165) is 0 Å². The normalized spacial score (nSPS) is 11.3. The molecule has 30 heavy (non-hydrogen) atoms. The van der Waals surface area contributed by atoms with Gasteiger partial charge in [0, 0.05) is 23.5 Å². The minimum Gasteiger partial charge on any atom is -0.392 e. The van der Waals surface area contributed by atoms with Crippen molar-refractivity contribution < 1.29 is 49.0 Å². The Hall–Kier alpha value is -3.15. The van der Waals surface area contributed by atoms with Crippen LogP contribution in [0.1, 0.15) is 5.56 Å². The van der Waals surface area contributed by atoms with Crippen LogP contribution in [-0.2, 0) is 6.61 Å². The molecule has 0 saturated heterocycles. The molecule has 1 heterocycles. The van der Waals surface area contributed by atoms with Crippen molar-refractivity contribution in [3.63, 3.8) is 0 Å². The summed E-state index contributed by atoms with van der Waals surface area (Å²) >= 11 is 0. The number of aliphatic hydroxyl groups is 1.